The summed E-state index contributed by atoms with van der Waals surface area (Å²) in [6.07, 6.45) is 1.05. The quantitative estimate of drug-likeness (QED) is 0.847. The van der Waals surface area contributed by atoms with Gasteiger partial charge < -0.3 is 10.1 Å². The number of aryl methyl sites for hydroxylation is 1. The van der Waals surface area contributed by atoms with Crippen molar-refractivity contribution in [1.29, 1.82) is 0 Å². The van der Waals surface area contributed by atoms with Crippen LogP contribution in [0.1, 0.15) is 39.7 Å². The van der Waals surface area contributed by atoms with Crippen molar-refractivity contribution in [3.05, 3.63) is 16.3 Å². The van der Waals surface area contributed by atoms with E-state index in [1.165, 1.54) is 11.3 Å². The summed E-state index contributed by atoms with van der Waals surface area (Å²) in [6, 6.07) is 0.385. The molecule has 1 saturated heterocycles. The molecule has 2 rings (SSSR count). The topological polar surface area (TPSA) is 21.3 Å². The van der Waals surface area contributed by atoms with E-state index < -0.39 is 0 Å². The first-order chi connectivity index (χ1) is 7.30. The Morgan fingerprint density at radius 1 is 1.31 bits per heavy atom. The molecular weight excluding hydrogens is 218 g/mol. The molecule has 0 aliphatic carbocycles. The Bertz CT molecular complexity index is 381. The van der Waals surface area contributed by atoms with Gasteiger partial charge in [-0.3, -0.25) is 0 Å². The van der Waals surface area contributed by atoms with Crippen molar-refractivity contribution in [3.8, 4) is 0 Å². The zero-order valence-corrected chi connectivity index (χ0v) is 11.6. The maximum atomic E-state index is 6.08. The van der Waals surface area contributed by atoms with Gasteiger partial charge in [-0.2, -0.15) is 0 Å². The zero-order valence-electron chi connectivity index (χ0n) is 10.8. The standard InChI is InChI=1S/C13H21NOS/c1-9-7-16-8-10(9)14-11-6-12(2,3)15-13(11,4)5/h7-8,11,14H,6H2,1-5H3. The predicted molar refractivity (Wildman–Crippen MR) is 70.3 cm³/mol. The van der Waals surface area contributed by atoms with Crippen molar-refractivity contribution in [1.82, 2.24) is 0 Å². The van der Waals surface area contributed by atoms with Crippen LogP contribution in [0.25, 0.3) is 0 Å². The molecule has 1 aromatic rings. The first-order valence-corrected chi connectivity index (χ1v) is 6.74. The van der Waals surface area contributed by atoms with Gasteiger partial charge in [-0.25, -0.2) is 0 Å². The Hall–Kier alpha value is -0.540. The number of rotatable bonds is 2. The van der Waals surface area contributed by atoms with Gasteiger partial charge in [0.05, 0.1) is 17.2 Å². The molecule has 0 radical (unpaired) electrons. The molecule has 1 atom stereocenters. The summed E-state index contributed by atoms with van der Waals surface area (Å²) >= 11 is 1.75. The van der Waals surface area contributed by atoms with Gasteiger partial charge in [-0.05, 0) is 52.0 Å². The molecule has 2 nitrogen and oxygen atoms in total. The van der Waals surface area contributed by atoms with E-state index in [0.29, 0.717) is 6.04 Å². The van der Waals surface area contributed by atoms with Gasteiger partial charge >= 0.3 is 0 Å². The van der Waals surface area contributed by atoms with Crippen molar-refractivity contribution < 1.29 is 4.74 Å². The Balaban J connectivity index is 2.14. The molecule has 1 unspecified atom stereocenters. The summed E-state index contributed by atoms with van der Waals surface area (Å²) in [5, 5.41) is 7.97. The van der Waals surface area contributed by atoms with E-state index in [1.807, 2.05) is 0 Å². The largest absolute Gasteiger partial charge is 0.378 e. The van der Waals surface area contributed by atoms with Gasteiger partial charge in [0, 0.05) is 11.1 Å². The van der Waals surface area contributed by atoms with E-state index in [-0.39, 0.29) is 11.2 Å². The Labute approximate surface area is 102 Å². The molecule has 0 aromatic carbocycles. The highest BCUT2D eigenvalue weighted by atomic mass is 32.1. The third-order valence-corrected chi connectivity index (χ3v) is 4.12. The third-order valence-electron chi connectivity index (χ3n) is 3.26. The first kappa shape index (κ1) is 11.9. The minimum atomic E-state index is -0.0993. The highest BCUT2D eigenvalue weighted by Crippen LogP contribution is 2.39. The summed E-state index contributed by atoms with van der Waals surface area (Å²) in [5.74, 6) is 0. The van der Waals surface area contributed by atoms with Gasteiger partial charge in [0.2, 0.25) is 0 Å². The van der Waals surface area contributed by atoms with E-state index in [2.05, 4.69) is 50.7 Å². The lowest BCUT2D eigenvalue weighted by Gasteiger charge is -2.28. The van der Waals surface area contributed by atoms with E-state index in [0.717, 1.165) is 6.42 Å². The number of anilines is 1. The van der Waals surface area contributed by atoms with Crippen molar-refractivity contribution in [3.63, 3.8) is 0 Å². The maximum Gasteiger partial charge on any atom is 0.0834 e. The van der Waals surface area contributed by atoms with Crippen LogP contribution in [-0.4, -0.2) is 17.2 Å². The average molecular weight is 239 g/mol. The van der Waals surface area contributed by atoms with Crippen LogP contribution in [0.15, 0.2) is 10.8 Å². The fourth-order valence-electron chi connectivity index (χ4n) is 2.48. The zero-order chi connectivity index (χ0) is 12.0. The van der Waals surface area contributed by atoms with Gasteiger partial charge in [0.25, 0.3) is 0 Å². The van der Waals surface area contributed by atoms with Gasteiger partial charge in [0.15, 0.2) is 0 Å². The summed E-state index contributed by atoms with van der Waals surface area (Å²) in [6.45, 7) is 10.8. The lowest BCUT2D eigenvalue weighted by Crippen LogP contribution is -2.38. The molecule has 0 amide bonds. The van der Waals surface area contributed by atoms with Crippen LogP contribution >= 0.6 is 11.3 Å². The Kier molecular flexibility index (Phi) is 2.79. The van der Waals surface area contributed by atoms with Gasteiger partial charge in [-0.1, -0.05) is 0 Å². The number of ether oxygens (including phenoxy) is 1. The lowest BCUT2D eigenvalue weighted by molar-refractivity contribution is -0.0662. The minimum Gasteiger partial charge on any atom is -0.378 e. The second kappa shape index (κ2) is 3.74. The molecule has 1 aromatic heterocycles. The van der Waals surface area contributed by atoms with Gasteiger partial charge in [0.1, 0.15) is 0 Å². The molecule has 90 valence electrons. The normalized spacial score (nSPS) is 26.9. The van der Waals surface area contributed by atoms with Crippen LogP contribution in [0.3, 0.4) is 0 Å². The maximum absolute atomic E-state index is 6.08. The van der Waals surface area contributed by atoms with Crippen LogP contribution in [0, 0.1) is 6.92 Å². The average Bonchev–Trinajstić information content (AvgIpc) is 2.56. The number of hydrogen-bond donors (Lipinski definition) is 1. The molecule has 2 heterocycles. The molecule has 16 heavy (non-hydrogen) atoms. The smallest absolute Gasteiger partial charge is 0.0834 e. The van der Waals surface area contributed by atoms with Crippen molar-refractivity contribution in [2.24, 2.45) is 0 Å². The first-order valence-electron chi connectivity index (χ1n) is 5.80. The van der Waals surface area contributed by atoms with Crippen LogP contribution in [-0.2, 0) is 4.74 Å². The fourth-order valence-corrected chi connectivity index (χ4v) is 3.27. The number of hydrogen-bond acceptors (Lipinski definition) is 3. The molecule has 1 N–H and O–H groups in total. The molecule has 1 aliphatic rings. The number of thiophene rings is 1. The van der Waals surface area contributed by atoms with E-state index in [9.17, 15) is 0 Å². The molecule has 3 heteroatoms. The third kappa shape index (κ3) is 2.25. The van der Waals surface area contributed by atoms with Gasteiger partial charge in [-0.15, -0.1) is 11.3 Å². The second-order valence-electron chi connectivity index (χ2n) is 5.83. The SMILES string of the molecule is Cc1cscc1NC1CC(C)(C)OC1(C)C. The molecular formula is C13H21NOS. The molecule has 0 saturated carbocycles. The van der Waals surface area contributed by atoms with Crippen LogP contribution < -0.4 is 5.32 Å². The summed E-state index contributed by atoms with van der Waals surface area (Å²) in [4.78, 5) is 0. The van der Waals surface area contributed by atoms with Crippen molar-refractivity contribution in [2.75, 3.05) is 5.32 Å². The molecule has 0 bridgehead atoms. The van der Waals surface area contributed by atoms with Crippen LogP contribution in [0.4, 0.5) is 5.69 Å². The highest BCUT2D eigenvalue weighted by Gasteiger charge is 2.45. The van der Waals surface area contributed by atoms with Crippen LogP contribution in [0.2, 0.25) is 0 Å². The molecule has 0 spiro atoms. The monoisotopic (exact) mass is 239 g/mol. The van der Waals surface area contributed by atoms with E-state index in [4.69, 9.17) is 4.74 Å². The van der Waals surface area contributed by atoms with E-state index >= 15 is 0 Å². The summed E-state index contributed by atoms with van der Waals surface area (Å²) in [5.41, 5.74) is 2.46. The summed E-state index contributed by atoms with van der Waals surface area (Å²) in [7, 11) is 0. The lowest BCUT2D eigenvalue weighted by atomic mass is 9.94. The Morgan fingerprint density at radius 2 is 2.00 bits per heavy atom. The summed E-state index contributed by atoms with van der Waals surface area (Å²) < 4.78 is 6.08. The highest BCUT2D eigenvalue weighted by molar-refractivity contribution is 7.08. The molecule has 1 fully saturated rings. The van der Waals surface area contributed by atoms with E-state index in [1.54, 1.807) is 11.3 Å². The van der Waals surface area contributed by atoms with Crippen molar-refractivity contribution >= 4 is 17.0 Å². The Morgan fingerprint density at radius 3 is 2.44 bits per heavy atom. The van der Waals surface area contributed by atoms with Crippen LogP contribution in [0.5, 0.6) is 0 Å². The minimum absolute atomic E-state index is 0.0227. The second-order valence-corrected chi connectivity index (χ2v) is 6.58. The predicted octanol–water partition coefficient (Wildman–Crippen LogP) is 3.81. The number of nitrogens with one attached hydrogen (secondary N) is 1. The van der Waals surface area contributed by atoms with Crippen molar-refractivity contribution in [2.45, 2.75) is 58.3 Å². The molecule has 1 aliphatic heterocycles. The fraction of sp³-hybridized carbons (Fsp3) is 0.692.